The first kappa shape index (κ1) is 14.9. The zero-order chi connectivity index (χ0) is 14.5. The van der Waals surface area contributed by atoms with Crippen molar-refractivity contribution >= 4 is 0 Å². The van der Waals surface area contributed by atoms with E-state index in [9.17, 15) is 0 Å². The van der Waals surface area contributed by atoms with E-state index in [-0.39, 0.29) is 0 Å². The van der Waals surface area contributed by atoms with Crippen LogP contribution in [0.25, 0.3) is 0 Å². The molecule has 1 aromatic carbocycles. The molecule has 1 aliphatic rings. The molecule has 1 fully saturated rings. The molecule has 0 bridgehead atoms. The standard InChI is InChI=1S/C17H24N2O/c1-12-5-4-6-16(13(12)2)19-11-15-9-14(10-18)7-8-17(15)20-3/h7-9,12-13,16,19H,4-6,11H2,1-3H3. The summed E-state index contributed by atoms with van der Waals surface area (Å²) in [5.41, 5.74) is 1.75. The van der Waals surface area contributed by atoms with Gasteiger partial charge >= 0.3 is 0 Å². The molecule has 0 saturated heterocycles. The van der Waals surface area contributed by atoms with Gasteiger partial charge in [0, 0.05) is 18.2 Å². The third-order valence-electron chi connectivity index (χ3n) is 4.67. The van der Waals surface area contributed by atoms with Crippen LogP contribution in [0.3, 0.4) is 0 Å². The molecule has 1 saturated carbocycles. The van der Waals surface area contributed by atoms with Crippen LogP contribution in [-0.4, -0.2) is 13.2 Å². The Morgan fingerprint density at radius 1 is 1.35 bits per heavy atom. The lowest BCUT2D eigenvalue weighted by atomic mass is 9.78. The molecular formula is C17H24N2O. The van der Waals surface area contributed by atoms with Crippen molar-refractivity contribution in [3.05, 3.63) is 29.3 Å². The van der Waals surface area contributed by atoms with Gasteiger partial charge in [0.1, 0.15) is 5.75 Å². The minimum atomic E-state index is 0.564. The number of nitrogens with one attached hydrogen (secondary N) is 1. The number of ether oxygens (including phenoxy) is 1. The van der Waals surface area contributed by atoms with Crippen LogP contribution in [0.4, 0.5) is 0 Å². The van der Waals surface area contributed by atoms with Gasteiger partial charge in [0.05, 0.1) is 18.7 Å². The molecule has 2 rings (SSSR count). The second kappa shape index (κ2) is 6.76. The Labute approximate surface area is 121 Å². The zero-order valence-corrected chi connectivity index (χ0v) is 12.6. The zero-order valence-electron chi connectivity index (χ0n) is 12.6. The summed E-state index contributed by atoms with van der Waals surface area (Å²) in [6.45, 7) is 5.44. The third-order valence-corrected chi connectivity index (χ3v) is 4.67. The Hall–Kier alpha value is -1.53. The van der Waals surface area contributed by atoms with E-state index < -0.39 is 0 Å². The lowest BCUT2D eigenvalue weighted by molar-refractivity contribution is 0.205. The molecule has 20 heavy (non-hydrogen) atoms. The van der Waals surface area contributed by atoms with E-state index in [0.29, 0.717) is 17.5 Å². The first-order valence-corrected chi connectivity index (χ1v) is 7.46. The predicted molar refractivity (Wildman–Crippen MR) is 80.5 cm³/mol. The highest BCUT2D eigenvalue weighted by Crippen LogP contribution is 2.30. The second-order valence-electron chi connectivity index (χ2n) is 5.89. The Kier molecular flexibility index (Phi) is 5.03. The number of rotatable bonds is 4. The van der Waals surface area contributed by atoms with Gasteiger partial charge in [-0.3, -0.25) is 0 Å². The largest absolute Gasteiger partial charge is 0.496 e. The highest BCUT2D eigenvalue weighted by molar-refractivity contribution is 5.42. The van der Waals surface area contributed by atoms with Crippen LogP contribution in [0.2, 0.25) is 0 Å². The lowest BCUT2D eigenvalue weighted by Gasteiger charge is -2.35. The number of nitrogens with zero attached hydrogens (tertiary/aromatic N) is 1. The van der Waals surface area contributed by atoms with Crippen molar-refractivity contribution in [1.29, 1.82) is 5.26 Å². The quantitative estimate of drug-likeness (QED) is 0.912. The summed E-state index contributed by atoms with van der Waals surface area (Å²) >= 11 is 0. The van der Waals surface area contributed by atoms with E-state index in [1.807, 2.05) is 12.1 Å². The molecule has 0 aliphatic heterocycles. The second-order valence-corrected chi connectivity index (χ2v) is 5.89. The number of hydrogen-bond donors (Lipinski definition) is 1. The Morgan fingerprint density at radius 2 is 2.15 bits per heavy atom. The van der Waals surface area contributed by atoms with Crippen molar-refractivity contribution in [3.63, 3.8) is 0 Å². The molecule has 3 unspecified atom stereocenters. The molecule has 0 spiro atoms. The number of methoxy groups -OCH3 is 1. The van der Waals surface area contributed by atoms with Gasteiger partial charge in [-0.05, 0) is 36.5 Å². The highest BCUT2D eigenvalue weighted by Gasteiger charge is 2.26. The molecule has 3 atom stereocenters. The molecule has 3 nitrogen and oxygen atoms in total. The first-order valence-electron chi connectivity index (χ1n) is 7.46. The maximum atomic E-state index is 9.01. The van der Waals surface area contributed by atoms with Crippen LogP contribution in [0.1, 0.15) is 44.2 Å². The summed E-state index contributed by atoms with van der Waals surface area (Å²) in [6, 6.07) is 8.35. The van der Waals surface area contributed by atoms with Crippen molar-refractivity contribution in [1.82, 2.24) is 5.32 Å². The Morgan fingerprint density at radius 3 is 2.85 bits per heavy atom. The average molecular weight is 272 g/mol. The van der Waals surface area contributed by atoms with Gasteiger partial charge in [-0.1, -0.05) is 26.7 Å². The molecular weight excluding hydrogens is 248 g/mol. The van der Waals surface area contributed by atoms with Crippen LogP contribution < -0.4 is 10.1 Å². The summed E-state index contributed by atoms with van der Waals surface area (Å²) in [7, 11) is 1.68. The van der Waals surface area contributed by atoms with Gasteiger partial charge < -0.3 is 10.1 Å². The van der Waals surface area contributed by atoms with Crippen molar-refractivity contribution in [3.8, 4) is 11.8 Å². The van der Waals surface area contributed by atoms with Gasteiger partial charge in [-0.15, -0.1) is 0 Å². The van der Waals surface area contributed by atoms with Crippen LogP contribution >= 0.6 is 0 Å². The maximum absolute atomic E-state index is 9.01. The molecule has 0 heterocycles. The Bertz CT molecular complexity index is 492. The maximum Gasteiger partial charge on any atom is 0.123 e. The van der Waals surface area contributed by atoms with Gasteiger partial charge in [0.2, 0.25) is 0 Å². The van der Waals surface area contributed by atoms with Crippen molar-refractivity contribution < 1.29 is 4.74 Å². The molecule has 0 radical (unpaired) electrons. The normalized spacial score (nSPS) is 26.0. The molecule has 1 N–H and O–H groups in total. The first-order chi connectivity index (χ1) is 9.65. The number of hydrogen-bond acceptors (Lipinski definition) is 3. The van der Waals surface area contributed by atoms with Gasteiger partial charge in [-0.25, -0.2) is 0 Å². The van der Waals surface area contributed by atoms with Gasteiger partial charge in [0.25, 0.3) is 0 Å². The van der Waals surface area contributed by atoms with Crippen LogP contribution in [-0.2, 0) is 6.54 Å². The van der Waals surface area contributed by atoms with E-state index in [2.05, 4.69) is 25.2 Å². The summed E-state index contributed by atoms with van der Waals surface area (Å²) in [5, 5.41) is 12.7. The molecule has 0 amide bonds. The van der Waals surface area contributed by atoms with E-state index in [1.54, 1.807) is 13.2 Å². The molecule has 108 valence electrons. The Balaban J connectivity index is 2.04. The molecule has 1 aliphatic carbocycles. The fourth-order valence-electron chi connectivity index (χ4n) is 3.10. The van der Waals surface area contributed by atoms with Crippen LogP contribution in [0.5, 0.6) is 5.75 Å². The summed E-state index contributed by atoms with van der Waals surface area (Å²) < 4.78 is 5.38. The third kappa shape index (κ3) is 3.32. The molecule has 0 aromatic heterocycles. The number of benzene rings is 1. The van der Waals surface area contributed by atoms with Crippen molar-refractivity contribution in [2.24, 2.45) is 11.8 Å². The van der Waals surface area contributed by atoms with E-state index in [4.69, 9.17) is 10.00 Å². The fraction of sp³-hybridized carbons (Fsp3) is 0.588. The van der Waals surface area contributed by atoms with Crippen LogP contribution in [0, 0.1) is 23.2 Å². The van der Waals surface area contributed by atoms with Crippen LogP contribution in [0.15, 0.2) is 18.2 Å². The van der Waals surface area contributed by atoms with Crippen molar-refractivity contribution in [2.45, 2.75) is 45.7 Å². The smallest absolute Gasteiger partial charge is 0.123 e. The fourth-order valence-corrected chi connectivity index (χ4v) is 3.10. The number of nitriles is 1. The van der Waals surface area contributed by atoms with E-state index in [0.717, 1.165) is 23.8 Å². The van der Waals surface area contributed by atoms with E-state index >= 15 is 0 Å². The predicted octanol–water partition coefficient (Wildman–Crippen LogP) is 3.48. The highest BCUT2D eigenvalue weighted by atomic mass is 16.5. The molecule has 3 heteroatoms. The van der Waals surface area contributed by atoms with Crippen molar-refractivity contribution in [2.75, 3.05) is 7.11 Å². The summed E-state index contributed by atoms with van der Waals surface area (Å²) in [6.07, 6.45) is 3.89. The SMILES string of the molecule is COc1ccc(C#N)cc1CNC1CCCC(C)C1C. The average Bonchev–Trinajstić information content (AvgIpc) is 2.48. The lowest BCUT2D eigenvalue weighted by Crippen LogP contribution is -2.40. The minimum absolute atomic E-state index is 0.564. The van der Waals surface area contributed by atoms with E-state index in [1.165, 1.54) is 19.3 Å². The topological polar surface area (TPSA) is 45.0 Å². The minimum Gasteiger partial charge on any atom is -0.496 e. The molecule has 1 aromatic rings. The monoisotopic (exact) mass is 272 g/mol. The summed E-state index contributed by atoms with van der Waals surface area (Å²) in [5.74, 6) is 2.34. The van der Waals surface area contributed by atoms with Gasteiger partial charge in [0.15, 0.2) is 0 Å². The summed E-state index contributed by atoms with van der Waals surface area (Å²) in [4.78, 5) is 0. The van der Waals surface area contributed by atoms with Gasteiger partial charge in [-0.2, -0.15) is 5.26 Å².